The highest BCUT2D eigenvalue weighted by Gasteiger charge is 2.75. The van der Waals surface area contributed by atoms with Crippen molar-refractivity contribution >= 4 is 11.9 Å². The maximum absolute atomic E-state index is 11.8. The summed E-state index contributed by atoms with van der Waals surface area (Å²) in [5, 5.41) is 20.5. The van der Waals surface area contributed by atoms with Crippen molar-refractivity contribution in [3.8, 4) is 0 Å². The molecular weight excluding hydrogens is 344 g/mol. The fourth-order valence-corrected chi connectivity index (χ4v) is 8.07. The molecule has 0 bridgehead atoms. The molecule has 4 fully saturated rings. The van der Waals surface area contributed by atoms with Crippen LogP contribution in [-0.2, 0) is 9.53 Å². The van der Waals surface area contributed by atoms with Crippen LogP contribution in [0.3, 0.4) is 0 Å². The highest BCUT2D eigenvalue weighted by molar-refractivity contribution is 5.91. The van der Waals surface area contributed by atoms with Gasteiger partial charge in [0.1, 0.15) is 0 Å². The summed E-state index contributed by atoms with van der Waals surface area (Å²) in [6, 6.07) is 0. The van der Waals surface area contributed by atoms with Crippen molar-refractivity contribution in [1.82, 2.24) is 0 Å². The zero-order valence-corrected chi connectivity index (χ0v) is 16.0. The van der Waals surface area contributed by atoms with Gasteiger partial charge in [0.25, 0.3) is 0 Å². The number of ether oxygens (including phenoxy) is 1. The van der Waals surface area contributed by atoms with E-state index in [-0.39, 0.29) is 12.0 Å². The fraction of sp³-hybridized carbons (Fsp3) is 0.818. The Morgan fingerprint density at radius 2 is 2.04 bits per heavy atom. The highest BCUT2D eigenvalue weighted by Crippen LogP contribution is 2.76. The molecule has 8 atom stereocenters. The van der Waals surface area contributed by atoms with E-state index in [4.69, 9.17) is 9.84 Å². The molecule has 148 valence electrons. The summed E-state index contributed by atoms with van der Waals surface area (Å²) in [6.07, 6.45) is 8.21. The third kappa shape index (κ3) is 2.39. The summed E-state index contributed by atoms with van der Waals surface area (Å²) in [6.45, 7) is 2.35. The molecular formula is C22H30O5. The maximum Gasteiger partial charge on any atom is 0.505 e. The lowest BCUT2D eigenvalue weighted by Crippen LogP contribution is -2.55. The number of carboxylic acid groups (broad SMARTS) is 1. The third-order valence-corrected chi connectivity index (χ3v) is 9.16. The van der Waals surface area contributed by atoms with Crippen molar-refractivity contribution in [1.29, 1.82) is 0 Å². The topological polar surface area (TPSA) is 83.8 Å². The van der Waals surface area contributed by atoms with Gasteiger partial charge < -0.3 is 14.9 Å². The number of carbonyl (C=O) groups excluding carboxylic acids is 1. The van der Waals surface area contributed by atoms with E-state index in [0.29, 0.717) is 54.1 Å². The minimum atomic E-state index is -1.26. The van der Waals surface area contributed by atoms with E-state index >= 15 is 0 Å². The normalized spacial score (nSPS) is 50.0. The first-order chi connectivity index (χ1) is 12.8. The van der Waals surface area contributed by atoms with E-state index in [1.807, 2.05) is 6.08 Å². The fourth-order valence-electron chi connectivity index (χ4n) is 8.07. The number of fused-ring (bicyclic) bond motifs is 7. The molecule has 27 heavy (non-hydrogen) atoms. The van der Waals surface area contributed by atoms with Gasteiger partial charge in [-0.05, 0) is 80.1 Å². The number of hydrogen-bond donors (Lipinski definition) is 2. The minimum absolute atomic E-state index is 0.0864. The second kappa shape index (κ2) is 5.82. The van der Waals surface area contributed by atoms with Crippen LogP contribution in [0.4, 0.5) is 4.79 Å². The van der Waals surface area contributed by atoms with Crippen molar-refractivity contribution in [2.45, 2.75) is 63.9 Å². The summed E-state index contributed by atoms with van der Waals surface area (Å²) in [5.74, 6) is 3.62. The van der Waals surface area contributed by atoms with E-state index in [2.05, 4.69) is 6.92 Å². The Morgan fingerprint density at radius 1 is 1.22 bits per heavy atom. The summed E-state index contributed by atoms with van der Waals surface area (Å²) < 4.78 is 4.77. The van der Waals surface area contributed by atoms with Gasteiger partial charge in [0, 0.05) is 18.3 Å². The maximum atomic E-state index is 11.8. The van der Waals surface area contributed by atoms with Crippen molar-refractivity contribution in [3.05, 3.63) is 11.6 Å². The smallest absolute Gasteiger partial charge is 0.450 e. The van der Waals surface area contributed by atoms with Crippen LogP contribution in [0.25, 0.3) is 0 Å². The Labute approximate surface area is 160 Å². The van der Waals surface area contributed by atoms with E-state index in [1.165, 1.54) is 5.57 Å². The molecule has 0 aliphatic heterocycles. The van der Waals surface area contributed by atoms with Crippen LogP contribution in [0.15, 0.2) is 11.6 Å². The highest BCUT2D eigenvalue weighted by atomic mass is 16.7. The first-order valence-corrected chi connectivity index (χ1v) is 10.7. The van der Waals surface area contributed by atoms with Gasteiger partial charge in [-0.1, -0.05) is 12.5 Å². The summed E-state index contributed by atoms with van der Waals surface area (Å²) in [5.41, 5.74) is 0.475. The number of allylic oxidation sites excluding steroid dienone is 1. The average Bonchev–Trinajstić information content (AvgIpc) is 3.37. The lowest BCUT2D eigenvalue weighted by molar-refractivity contribution is -0.148. The molecule has 0 aromatic heterocycles. The monoisotopic (exact) mass is 374 g/mol. The van der Waals surface area contributed by atoms with Crippen molar-refractivity contribution < 1.29 is 24.5 Å². The van der Waals surface area contributed by atoms with E-state index < -0.39 is 11.8 Å². The molecule has 0 radical (unpaired) electrons. The third-order valence-electron chi connectivity index (χ3n) is 9.16. The predicted octanol–water partition coefficient (Wildman–Crippen LogP) is 3.80. The molecule has 0 heterocycles. The van der Waals surface area contributed by atoms with Crippen LogP contribution in [-0.4, -0.2) is 34.4 Å². The van der Waals surface area contributed by atoms with Gasteiger partial charge in [-0.15, -0.1) is 0 Å². The largest absolute Gasteiger partial charge is 0.505 e. The van der Waals surface area contributed by atoms with Crippen molar-refractivity contribution in [3.63, 3.8) is 0 Å². The molecule has 5 aliphatic rings. The molecule has 0 aromatic rings. The van der Waals surface area contributed by atoms with Crippen molar-refractivity contribution in [2.24, 2.45) is 40.9 Å². The molecule has 0 aromatic carbocycles. The van der Waals surface area contributed by atoms with Gasteiger partial charge in [0.2, 0.25) is 0 Å². The molecule has 5 aliphatic carbocycles. The molecule has 2 N–H and O–H groups in total. The van der Waals surface area contributed by atoms with E-state index in [1.54, 1.807) is 0 Å². The summed E-state index contributed by atoms with van der Waals surface area (Å²) in [4.78, 5) is 22.6. The zero-order chi connectivity index (χ0) is 19.0. The molecule has 0 amide bonds. The van der Waals surface area contributed by atoms with Crippen LogP contribution >= 0.6 is 0 Å². The lowest BCUT2D eigenvalue weighted by Gasteiger charge is -2.57. The van der Waals surface area contributed by atoms with Crippen LogP contribution in [0, 0.1) is 40.9 Å². The Hall–Kier alpha value is -1.36. The molecule has 0 unspecified atom stereocenters. The second-order valence-corrected chi connectivity index (χ2v) is 9.97. The molecule has 5 nitrogen and oxygen atoms in total. The number of ketones is 1. The van der Waals surface area contributed by atoms with E-state index in [9.17, 15) is 14.7 Å². The summed E-state index contributed by atoms with van der Waals surface area (Å²) >= 11 is 0. The van der Waals surface area contributed by atoms with Gasteiger partial charge >= 0.3 is 6.16 Å². The number of carbonyl (C=O) groups is 2. The molecule has 4 saturated carbocycles. The molecule has 0 saturated heterocycles. The molecule has 5 rings (SSSR count). The predicted molar refractivity (Wildman–Crippen MR) is 98.0 cm³/mol. The number of rotatable bonds is 3. The van der Waals surface area contributed by atoms with Crippen LogP contribution in [0.2, 0.25) is 0 Å². The minimum Gasteiger partial charge on any atom is -0.450 e. The Bertz CT molecular complexity index is 713. The molecule has 0 spiro atoms. The van der Waals surface area contributed by atoms with Gasteiger partial charge in [-0.3, -0.25) is 4.79 Å². The Kier molecular flexibility index (Phi) is 3.82. The lowest BCUT2D eigenvalue weighted by atomic mass is 9.49. The van der Waals surface area contributed by atoms with Crippen LogP contribution in [0.1, 0.15) is 58.3 Å². The first kappa shape index (κ1) is 17.7. The number of hydrogen-bond acceptors (Lipinski definition) is 4. The Balaban J connectivity index is 1.40. The van der Waals surface area contributed by atoms with Crippen LogP contribution < -0.4 is 0 Å². The zero-order valence-electron chi connectivity index (χ0n) is 16.0. The molecule has 5 heteroatoms. The standard InChI is InChI=1S/C22H30O5/c1-21-7-6-15-14-5-3-13(23)10-12(14)2-4-16(15)19(21)17-11-18(17)22(21,26)8-9-27-20(24)25/h10,14-19,26H,2-9,11H2,1H3,(H,24,25)/t14-,15+,16+,17-,18+,19+,21-,22-/m0/s1. The quantitative estimate of drug-likeness (QED) is 0.734. The average molecular weight is 374 g/mol. The van der Waals surface area contributed by atoms with Gasteiger partial charge in [-0.2, -0.15) is 0 Å². The van der Waals surface area contributed by atoms with Crippen molar-refractivity contribution in [2.75, 3.05) is 6.61 Å². The second-order valence-electron chi connectivity index (χ2n) is 9.97. The van der Waals surface area contributed by atoms with Crippen LogP contribution in [0.5, 0.6) is 0 Å². The van der Waals surface area contributed by atoms with E-state index in [0.717, 1.165) is 38.5 Å². The number of aliphatic hydroxyl groups is 1. The van der Waals surface area contributed by atoms with Gasteiger partial charge in [0.05, 0.1) is 12.2 Å². The van der Waals surface area contributed by atoms with Gasteiger partial charge in [0.15, 0.2) is 5.78 Å². The summed E-state index contributed by atoms with van der Waals surface area (Å²) in [7, 11) is 0. The Morgan fingerprint density at radius 3 is 2.81 bits per heavy atom. The first-order valence-electron chi connectivity index (χ1n) is 10.7. The SMILES string of the molecule is C[C@]12CC[C@H]3[C@@H](CCC4=CC(=O)CC[C@@H]43)[C@@H]1[C@H]1C[C@H]1[C@@]2(O)CCOC(=O)O. The van der Waals surface area contributed by atoms with Gasteiger partial charge in [-0.25, -0.2) is 4.79 Å².